The molecule has 0 aliphatic heterocycles. The van der Waals surface area contributed by atoms with Gasteiger partial charge in [-0.05, 0) is 55.6 Å². The largest absolute Gasteiger partial charge is 0.416 e. The van der Waals surface area contributed by atoms with Gasteiger partial charge in [-0.2, -0.15) is 13.2 Å². The Morgan fingerprint density at radius 3 is 2.11 bits per heavy atom. The molecule has 0 bridgehead atoms. The van der Waals surface area contributed by atoms with Crippen molar-refractivity contribution in [1.82, 2.24) is 0 Å². The summed E-state index contributed by atoms with van der Waals surface area (Å²) in [4.78, 5) is 0. The maximum atomic E-state index is 12.4. The predicted octanol–water partition coefficient (Wildman–Crippen LogP) is 5.37. The minimum absolute atomic E-state index is 0.416. The minimum atomic E-state index is -4.37. The molecule has 0 saturated carbocycles. The average Bonchev–Trinajstić information content (AvgIpc) is 2.66. The molecule has 1 heterocycles. The summed E-state index contributed by atoms with van der Waals surface area (Å²) in [5.41, 5.74) is 0.310. The van der Waals surface area contributed by atoms with Crippen LogP contribution in [0.15, 0.2) is 37.9 Å². The molecule has 0 amide bonds. The van der Waals surface area contributed by atoms with Crippen LogP contribution < -0.4 is 0 Å². The average molecular weight is 416 g/mol. The van der Waals surface area contributed by atoms with Gasteiger partial charge in [0.15, 0.2) is 0 Å². The maximum absolute atomic E-state index is 12.4. The van der Waals surface area contributed by atoms with Gasteiger partial charge in [0.25, 0.3) is 0 Å². The van der Waals surface area contributed by atoms with E-state index in [4.69, 9.17) is 0 Å². The second-order valence-electron chi connectivity index (χ2n) is 3.80. The minimum Gasteiger partial charge on any atom is -0.384 e. The topological polar surface area (TPSA) is 20.2 Å². The van der Waals surface area contributed by atoms with Gasteiger partial charge in [0.2, 0.25) is 0 Å². The predicted molar refractivity (Wildman–Crippen MR) is 75.2 cm³/mol. The van der Waals surface area contributed by atoms with Gasteiger partial charge in [-0.1, -0.05) is 12.1 Å². The molecule has 0 radical (unpaired) electrons. The van der Waals surface area contributed by atoms with Crippen molar-refractivity contribution in [1.29, 1.82) is 0 Å². The van der Waals surface area contributed by atoms with Crippen LogP contribution in [-0.2, 0) is 6.18 Å². The molecule has 1 unspecified atom stereocenters. The molecule has 0 aliphatic rings. The zero-order chi connectivity index (χ0) is 14.2. The van der Waals surface area contributed by atoms with Crippen molar-refractivity contribution in [2.45, 2.75) is 12.3 Å². The van der Waals surface area contributed by atoms with Crippen LogP contribution in [0.25, 0.3) is 0 Å². The lowest BCUT2D eigenvalue weighted by Crippen LogP contribution is -2.05. The van der Waals surface area contributed by atoms with Crippen molar-refractivity contribution < 1.29 is 18.3 Å². The molecule has 1 nitrogen and oxygen atoms in total. The fraction of sp³-hybridized carbons (Fsp3) is 0.167. The third-order valence-corrected chi connectivity index (χ3v) is 4.92. The third-order valence-electron chi connectivity index (χ3n) is 2.53. The van der Waals surface area contributed by atoms with E-state index < -0.39 is 17.8 Å². The number of hydrogen-bond donors (Lipinski definition) is 1. The number of hydrogen-bond acceptors (Lipinski definition) is 2. The van der Waals surface area contributed by atoms with Crippen molar-refractivity contribution in [2.24, 2.45) is 0 Å². The molecule has 0 spiro atoms. The molecule has 19 heavy (non-hydrogen) atoms. The molecule has 1 aromatic heterocycles. The highest BCUT2D eigenvalue weighted by Gasteiger charge is 2.30. The van der Waals surface area contributed by atoms with Gasteiger partial charge in [-0.3, -0.25) is 0 Å². The lowest BCUT2D eigenvalue weighted by Gasteiger charge is -2.12. The summed E-state index contributed by atoms with van der Waals surface area (Å²) in [6, 6.07) is 6.23. The number of benzene rings is 1. The molecule has 7 heteroatoms. The third kappa shape index (κ3) is 3.39. The lowest BCUT2D eigenvalue weighted by atomic mass is 10.0. The van der Waals surface area contributed by atoms with Crippen molar-refractivity contribution in [3.63, 3.8) is 0 Å². The van der Waals surface area contributed by atoms with E-state index in [2.05, 4.69) is 31.9 Å². The Labute approximate surface area is 128 Å². The van der Waals surface area contributed by atoms with Crippen molar-refractivity contribution in [3.05, 3.63) is 54.6 Å². The van der Waals surface area contributed by atoms with Gasteiger partial charge in [0.1, 0.15) is 6.10 Å². The van der Waals surface area contributed by atoms with E-state index >= 15 is 0 Å². The van der Waals surface area contributed by atoms with Gasteiger partial charge in [-0.15, -0.1) is 11.3 Å². The summed E-state index contributed by atoms with van der Waals surface area (Å²) in [6.07, 6.45) is -5.32. The fourth-order valence-electron chi connectivity index (χ4n) is 1.57. The van der Waals surface area contributed by atoms with Crippen molar-refractivity contribution >= 4 is 43.2 Å². The Morgan fingerprint density at radius 2 is 1.68 bits per heavy atom. The fourth-order valence-corrected chi connectivity index (χ4v) is 4.46. The first kappa shape index (κ1) is 15.0. The number of aliphatic hydroxyl groups excluding tert-OH is 1. The molecule has 1 atom stereocenters. The number of thiophene rings is 1. The van der Waals surface area contributed by atoms with E-state index in [1.165, 1.54) is 23.5 Å². The highest BCUT2D eigenvalue weighted by atomic mass is 79.9. The molecule has 2 aromatic rings. The highest BCUT2D eigenvalue weighted by molar-refractivity contribution is 9.12. The lowest BCUT2D eigenvalue weighted by molar-refractivity contribution is -0.137. The molecule has 1 N–H and O–H groups in total. The number of aliphatic hydroxyl groups is 1. The summed E-state index contributed by atoms with van der Waals surface area (Å²) in [5, 5.41) is 10.2. The second-order valence-corrected chi connectivity index (χ2v) is 7.55. The second kappa shape index (κ2) is 5.55. The molecule has 0 aliphatic carbocycles. The highest BCUT2D eigenvalue weighted by Crippen LogP contribution is 2.38. The van der Waals surface area contributed by atoms with Crippen LogP contribution in [0.2, 0.25) is 0 Å². The maximum Gasteiger partial charge on any atom is 0.416 e. The number of alkyl halides is 3. The van der Waals surface area contributed by atoms with E-state index in [9.17, 15) is 18.3 Å². The standard InChI is InChI=1S/C12H7Br2F3OS/c13-9-5-8(11(14)19-9)10(18)6-1-3-7(4-2-6)12(15,16)17/h1-5,10,18H. The van der Waals surface area contributed by atoms with Crippen LogP contribution in [-0.4, -0.2) is 5.11 Å². The smallest absolute Gasteiger partial charge is 0.384 e. The molecule has 1 aromatic carbocycles. The molecule has 2 rings (SSSR count). The number of rotatable bonds is 2. The zero-order valence-corrected chi connectivity index (χ0v) is 13.2. The van der Waals surface area contributed by atoms with Crippen LogP contribution in [0.1, 0.15) is 22.8 Å². The molecule has 0 saturated heterocycles. The monoisotopic (exact) mass is 414 g/mol. The Hall–Kier alpha value is -0.370. The van der Waals surface area contributed by atoms with Gasteiger partial charge in [0, 0.05) is 5.56 Å². The molecule has 102 valence electrons. The normalized spacial score (nSPS) is 13.6. The summed E-state index contributed by atoms with van der Waals surface area (Å²) >= 11 is 7.99. The Bertz CT molecular complexity index is 578. The molecular formula is C12H7Br2F3OS. The van der Waals surface area contributed by atoms with Gasteiger partial charge < -0.3 is 5.11 Å². The Morgan fingerprint density at radius 1 is 1.11 bits per heavy atom. The zero-order valence-electron chi connectivity index (χ0n) is 9.21. The summed E-state index contributed by atoms with van der Waals surface area (Å²) in [7, 11) is 0. The van der Waals surface area contributed by atoms with Crippen molar-refractivity contribution in [3.8, 4) is 0 Å². The first-order valence-electron chi connectivity index (χ1n) is 5.09. The van der Waals surface area contributed by atoms with Gasteiger partial charge >= 0.3 is 6.18 Å². The van der Waals surface area contributed by atoms with Crippen LogP contribution >= 0.6 is 43.2 Å². The van der Waals surface area contributed by atoms with Crippen LogP contribution in [0.3, 0.4) is 0 Å². The summed E-state index contributed by atoms with van der Waals surface area (Å²) in [6.45, 7) is 0. The van der Waals surface area contributed by atoms with E-state index in [1.807, 2.05) is 0 Å². The molecular weight excluding hydrogens is 409 g/mol. The van der Waals surface area contributed by atoms with Crippen LogP contribution in [0.5, 0.6) is 0 Å². The van der Waals surface area contributed by atoms with Crippen LogP contribution in [0, 0.1) is 0 Å². The van der Waals surface area contributed by atoms with E-state index in [0.29, 0.717) is 11.1 Å². The van der Waals surface area contributed by atoms with Crippen molar-refractivity contribution in [2.75, 3.05) is 0 Å². The molecule has 0 fully saturated rings. The van der Waals surface area contributed by atoms with Crippen LogP contribution in [0.4, 0.5) is 13.2 Å². The SMILES string of the molecule is OC(c1ccc(C(F)(F)F)cc1)c1cc(Br)sc1Br. The number of halogens is 5. The first-order chi connectivity index (χ1) is 8.79. The summed E-state index contributed by atoms with van der Waals surface area (Å²) in [5.74, 6) is 0. The van der Waals surface area contributed by atoms with E-state index in [0.717, 1.165) is 19.7 Å². The first-order valence-corrected chi connectivity index (χ1v) is 7.49. The summed E-state index contributed by atoms with van der Waals surface area (Å²) < 4.78 is 38.9. The quantitative estimate of drug-likeness (QED) is 0.698. The van der Waals surface area contributed by atoms with Gasteiger partial charge in [0.05, 0.1) is 13.1 Å². The Balaban J connectivity index is 2.30. The van der Waals surface area contributed by atoms with E-state index in [-0.39, 0.29) is 0 Å². The van der Waals surface area contributed by atoms with E-state index in [1.54, 1.807) is 6.07 Å². The van der Waals surface area contributed by atoms with Gasteiger partial charge in [-0.25, -0.2) is 0 Å². The Kier molecular flexibility index (Phi) is 4.39.